The van der Waals surface area contributed by atoms with Crippen LogP contribution >= 0.6 is 0 Å². The molecule has 4 aliphatic rings. The van der Waals surface area contributed by atoms with Crippen molar-refractivity contribution >= 4 is 5.91 Å². The maximum absolute atomic E-state index is 12.1. The third kappa shape index (κ3) is 2.21. The van der Waals surface area contributed by atoms with Crippen LogP contribution in [0.5, 0.6) is 0 Å². The molecule has 0 radical (unpaired) electrons. The molecule has 2 heteroatoms. The van der Waals surface area contributed by atoms with Crippen LogP contribution < -0.4 is 5.32 Å². The van der Waals surface area contributed by atoms with Gasteiger partial charge < -0.3 is 5.32 Å². The van der Waals surface area contributed by atoms with Gasteiger partial charge in [-0.25, -0.2) is 0 Å². The van der Waals surface area contributed by atoms with Crippen molar-refractivity contribution in [3.63, 3.8) is 0 Å². The van der Waals surface area contributed by atoms with Crippen LogP contribution in [0.4, 0.5) is 0 Å². The highest BCUT2D eigenvalue weighted by atomic mass is 16.1. The van der Waals surface area contributed by atoms with Crippen LogP contribution in [-0.2, 0) is 4.79 Å². The van der Waals surface area contributed by atoms with Crippen molar-refractivity contribution < 1.29 is 4.79 Å². The molecule has 19 heavy (non-hydrogen) atoms. The minimum atomic E-state index is 0.110. The smallest absolute Gasteiger partial charge is 0.220 e. The van der Waals surface area contributed by atoms with Crippen molar-refractivity contribution in [1.82, 2.24) is 5.32 Å². The number of carbonyl (C=O) groups excluding carboxylic acids is 1. The van der Waals surface area contributed by atoms with Crippen molar-refractivity contribution in [3.8, 4) is 0 Å². The average molecular weight is 263 g/mol. The van der Waals surface area contributed by atoms with E-state index in [0.29, 0.717) is 22.7 Å². The monoisotopic (exact) mass is 263 g/mol. The van der Waals surface area contributed by atoms with Crippen LogP contribution in [-0.4, -0.2) is 11.4 Å². The fourth-order valence-electron chi connectivity index (χ4n) is 7.01. The summed E-state index contributed by atoms with van der Waals surface area (Å²) in [5, 5.41) is 3.46. The Morgan fingerprint density at radius 3 is 1.68 bits per heavy atom. The van der Waals surface area contributed by atoms with Gasteiger partial charge in [0.1, 0.15) is 0 Å². The third-order valence-electron chi connectivity index (χ3n) is 5.74. The molecule has 2 nitrogen and oxygen atoms in total. The third-order valence-corrected chi connectivity index (χ3v) is 5.74. The molecule has 4 saturated carbocycles. The van der Waals surface area contributed by atoms with Crippen LogP contribution in [0, 0.1) is 16.2 Å². The summed E-state index contributed by atoms with van der Waals surface area (Å²) in [6, 6.07) is 0. The maximum Gasteiger partial charge on any atom is 0.220 e. The molecule has 4 aliphatic carbocycles. The lowest BCUT2D eigenvalue weighted by Gasteiger charge is -2.69. The molecule has 4 bridgehead atoms. The lowest BCUT2D eigenvalue weighted by Crippen LogP contribution is -2.67. The number of hydrogen-bond acceptors (Lipinski definition) is 1. The summed E-state index contributed by atoms with van der Waals surface area (Å²) in [6.07, 6.45) is 9.35. The fraction of sp³-hybridized carbons (Fsp3) is 0.941. The topological polar surface area (TPSA) is 29.1 Å². The lowest BCUT2D eigenvalue weighted by atomic mass is 9.38. The van der Waals surface area contributed by atoms with E-state index < -0.39 is 0 Å². The molecule has 0 aromatic carbocycles. The van der Waals surface area contributed by atoms with Gasteiger partial charge in [0, 0.05) is 12.0 Å². The lowest BCUT2D eigenvalue weighted by molar-refractivity contribution is -0.163. The molecule has 0 heterocycles. The van der Waals surface area contributed by atoms with Crippen molar-refractivity contribution in [3.05, 3.63) is 0 Å². The first-order valence-electron chi connectivity index (χ1n) is 8.01. The van der Waals surface area contributed by atoms with Crippen molar-refractivity contribution in [2.75, 3.05) is 0 Å². The van der Waals surface area contributed by atoms with Gasteiger partial charge in [-0.05, 0) is 61.2 Å². The Kier molecular flexibility index (Phi) is 2.67. The summed E-state index contributed by atoms with van der Waals surface area (Å²) >= 11 is 0. The van der Waals surface area contributed by atoms with Gasteiger partial charge in [-0.1, -0.05) is 27.7 Å². The summed E-state index contributed by atoms with van der Waals surface area (Å²) < 4.78 is 0. The highest BCUT2D eigenvalue weighted by Crippen LogP contribution is 2.70. The second kappa shape index (κ2) is 3.77. The zero-order valence-corrected chi connectivity index (χ0v) is 13.1. The zero-order chi connectivity index (χ0) is 13.9. The van der Waals surface area contributed by atoms with Gasteiger partial charge in [0.2, 0.25) is 5.91 Å². The summed E-state index contributed by atoms with van der Waals surface area (Å²) in [4.78, 5) is 12.1. The summed E-state index contributed by atoms with van der Waals surface area (Å²) in [6.45, 7) is 9.47. The molecule has 1 amide bonds. The van der Waals surface area contributed by atoms with Crippen LogP contribution in [0.15, 0.2) is 0 Å². The highest BCUT2D eigenvalue weighted by Gasteiger charge is 2.64. The van der Waals surface area contributed by atoms with E-state index in [0.717, 1.165) is 6.42 Å². The molecule has 4 rings (SSSR count). The molecule has 0 spiro atoms. The van der Waals surface area contributed by atoms with E-state index in [-0.39, 0.29) is 11.4 Å². The van der Waals surface area contributed by atoms with Gasteiger partial charge in [0.15, 0.2) is 0 Å². The van der Waals surface area contributed by atoms with E-state index in [1.807, 2.05) is 0 Å². The first-order valence-corrected chi connectivity index (χ1v) is 8.01. The van der Waals surface area contributed by atoms with Gasteiger partial charge in [-0.2, -0.15) is 0 Å². The Labute approximate surface area is 117 Å². The van der Waals surface area contributed by atoms with E-state index in [1.54, 1.807) is 0 Å². The average Bonchev–Trinajstić information content (AvgIpc) is 2.07. The largest absolute Gasteiger partial charge is 0.351 e. The van der Waals surface area contributed by atoms with Gasteiger partial charge in [0.05, 0.1) is 0 Å². The standard InChI is InChI=1S/C17H29NO/c1-5-6-13(19)18-17-10-14(2)7-15(3,11-17)9-16(4,8-14)12-17/h5-12H2,1-4H3,(H,18,19). The highest BCUT2D eigenvalue weighted by molar-refractivity contribution is 5.76. The Morgan fingerprint density at radius 1 is 0.895 bits per heavy atom. The van der Waals surface area contributed by atoms with E-state index in [1.165, 1.54) is 38.5 Å². The molecule has 4 fully saturated rings. The van der Waals surface area contributed by atoms with Gasteiger partial charge in [-0.3, -0.25) is 4.79 Å². The van der Waals surface area contributed by atoms with Crippen molar-refractivity contribution in [1.29, 1.82) is 0 Å². The Balaban J connectivity index is 1.89. The molecule has 0 atom stereocenters. The first kappa shape index (κ1) is 13.5. The molecule has 0 aliphatic heterocycles. The van der Waals surface area contributed by atoms with Crippen molar-refractivity contribution in [2.45, 2.75) is 84.6 Å². The predicted octanol–water partition coefficient (Wildman–Crippen LogP) is 4.04. The SMILES string of the molecule is CCCC(=O)NC12CC3(C)CC(C)(CC(C)(C3)C1)C2. The first-order chi connectivity index (χ1) is 8.70. The normalized spacial score (nSPS) is 51.4. The number of nitrogens with one attached hydrogen (secondary N) is 1. The van der Waals surface area contributed by atoms with Crippen LogP contribution in [0.25, 0.3) is 0 Å². The minimum Gasteiger partial charge on any atom is -0.351 e. The van der Waals surface area contributed by atoms with Gasteiger partial charge in [-0.15, -0.1) is 0 Å². The van der Waals surface area contributed by atoms with E-state index >= 15 is 0 Å². The number of rotatable bonds is 3. The quantitative estimate of drug-likeness (QED) is 0.818. The second-order valence-corrected chi connectivity index (χ2v) is 9.07. The van der Waals surface area contributed by atoms with Crippen LogP contribution in [0.1, 0.15) is 79.1 Å². The molecule has 0 saturated heterocycles. The van der Waals surface area contributed by atoms with Gasteiger partial charge in [0.25, 0.3) is 0 Å². The molecular weight excluding hydrogens is 234 g/mol. The minimum absolute atomic E-state index is 0.110. The summed E-state index contributed by atoms with van der Waals surface area (Å²) in [5.74, 6) is 0.278. The summed E-state index contributed by atoms with van der Waals surface area (Å²) in [5.41, 5.74) is 1.48. The molecular formula is C17H29NO. The van der Waals surface area contributed by atoms with Crippen LogP contribution in [0.2, 0.25) is 0 Å². The zero-order valence-electron chi connectivity index (χ0n) is 13.1. The van der Waals surface area contributed by atoms with Crippen molar-refractivity contribution in [2.24, 2.45) is 16.2 Å². The second-order valence-electron chi connectivity index (χ2n) is 9.07. The molecule has 1 N–H and O–H groups in total. The summed E-state index contributed by atoms with van der Waals surface area (Å²) in [7, 11) is 0. The number of amides is 1. The van der Waals surface area contributed by atoms with E-state index in [2.05, 4.69) is 33.0 Å². The predicted molar refractivity (Wildman–Crippen MR) is 77.8 cm³/mol. The molecule has 0 aromatic heterocycles. The maximum atomic E-state index is 12.1. The fourth-order valence-corrected chi connectivity index (χ4v) is 7.01. The molecule has 108 valence electrons. The van der Waals surface area contributed by atoms with E-state index in [9.17, 15) is 4.79 Å². The van der Waals surface area contributed by atoms with Gasteiger partial charge >= 0.3 is 0 Å². The molecule has 0 unspecified atom stereocenters. The van der Waals surface area contributed by atoms with Crippen LogP contribution in [0.3, 0.4) is 0 Å². The molecule has 0 aromatic rings. The Morgan fingerprint density at radius 2 is 1.32 bits per heavy atom. The Bertz CT molecular complexity index is 360. The Hall–Kier alpha value is -0.530. The number of hydrogen-bond donors (Lipinski definition) is 1. The van der Waals surface area contributed by atoms with E-state index in [4.69, 9.17) is 0 Å². The number of carbonyl (C=O) groups is 1.